The summed E-state index contributed by atoms with van der Waals surface area (Å²) in [6.07, 6.45) is 3.63. The molecule has 1 aliphatic carbocycles. The van der Waals surface area contributed by atoms with E-state index in [-0.39, 0.29) is 12.6 Å². The minimum atomic E-state index is -0.550. The van der Waals surface area contributed by atoms with Crippen LogP contribution in [0.4, 0.5) is 4.79 Å². The second-order valence-corrected chi connectivity index (χ2v) is 9.15. The van der Waals surface area contributed by atoms with Crippen molar-refractivity contribution in [3.05, 3.63) is 36.5 Å². The predicted octanol–water partition coefficient (Wildman–Crippen LogP) is 4.97. The molecular weight excluding hydrogens is 410 g/mol. The minimum Gasteiger partial charge on any atom is -0.493 e. The van der Waals surface area contributed by atoms with Crippen LogP contribution in [0.2, 0.25) is 0 Å². The molecule has 32 heavy (non-hydrogen) atoms. The van der Waals surface area contributed by atoms with Crippen molar-refractivity contribution in [2.24, 2.45) is 5.92 Å². The fourth-order valence-electron chi connectivity index (χ4n) is 2.97. The molecule has 0 unspecified atom stereocenters. The lowest BCUT2D eigenvalue weighted by molar-refractivity contribution is 0.0493. The van der Waals surface area contributed by atoms with Gasteiger partial charge in [-0.2, -0.15) is 0 Å². The molecule has 8 heteroatoms. The minimum absolute atomic E-state index is 0.241. The molecule has 1 fully saturated rings. The van der Waals surface area contributed by atoms with Gasteiger partial charge in [0.1, 0.15) is 23.5 Å². The topological polar surface area (TPSA) is 95.7 Å². The van der Waals surface area contributed by atoms with E-state index in [1.165, 1.54) is 12.8 Å². The Kier molecular flexibility index (Phi) is 6.21. The summed E-state index contributed by atoms with van der Waals surface area (Å²) in [5.74, 6) is 2.47. The van der Waals surface area contributed by atoms with Crippen molar-refractivity contribution in [1.82, 2.24) is 15.3 Å². The van der Waals surface area contributed by atoms with Crippen LogP contribution in [-0.2, 0) is 4.74 Å². The Balaban J connectivity index is 1.34. The second-order valence-electron chi connectivity index (χ2n) is 9.15. The number of amides is 1. The van der Waals surface area contributed by atoms with Crippen LogP contribution in [0.25, 0.3) is 22.6 Å². The van der Waals surface area contributed by atoms with Crippen LogP contribution in [-0.4, -0.2) is 40.9 Å². The first-order valence-corrected chi connectivity index (χ1v) is 10.9. The molecule has 3 aromatic rings. The first-order chi connectivity index (χ1) is 15.2. The Bertz CT molecular complexity index is 1070. The van der Waals surface area contributed by atoms with Crippen LogP contribution >= 0.6 is 0 Å². The highest BCUT2D eigenvalue weighted by Crippen LogP contribution is 2.30. The maximum absolute atomic E-state index is 11.8. The predicted molar refractivity (Wildman–Crippen MR) is 120 cm³/mol. The molecule has 0 spiro atoms. The Hall–Kier alpha value is -3.29. The molecule has 0 aliphatic heterocycles. The van der Waals surface area contributed by atoms with Gasteiger partial charge in [-0.05, 0) is 70.7 Å². The molecular formula is C24H29N3O5. The van der Waals surface area contributed by atoms with Gasteiger partial charge in [0, 0.05) is 11.6 Å². The zero-order chi connectivity index (χ0) is 22.7. The SMILES string of the molecule is C[C@@H](COc1cc2nc(-c3ccc(OCC4CC4)cc3)oc2cn1)NC(=O)OC(C)(C)C. The summed E-state index contributed by atoms with van der Waals surface area (Å²) in [7, 11) is 0. The van der Waals surface area contributed by atoms with Crippen molar-refractivity contribution < 1.29 is 23.4 Å². The van der Waals surface area contributed by atoms with E-state index in [0.717, 1.165) is 17.9 Å². The van der Waals surface area contributed by atoms with E-state index in [1.807, 2.05) is 52.0 Å². The first kappa shape index (κ1) is 21.9. The van der Waals surface area contributed by atoms with Gasteiger partial charge in [0.15, 0.2) is 5.58 Å². The smallest absolute Gasteiger partial charge is 0.407 e. The summed E-state index contributed by atoms with van der Waals surface area (Å²) in [6.45, 7) is 8.30. The third-order valence-corrected chi connectivity index (χ3v) is 4.78. The lowest BCUT2D eigenvalue weighted by Gasteiger charge is -2.21. The third kappa shape index (κ3) is 6.12. The monoisotopic (exact) mass is 439 g/mol. The maximum atomic E-state index is 11.8. The number of hydrogen-bond acceptors (Lipinski definition) is 7. The highest BCUT2D eigenvalue weighted by molar-refractivity contribution is 5.76. The quantitative estimate of drug-likeness (QED) is 0.529. The van der Waals surface area contributed by atoms with Crippen LogP contribution < -0.4 is 14.8 Å². The molecule has 1 saturated carbocycles. The van der Waals surface area contributed by atoms with Gasteiger partial charge in [0.05, 0.1) is 18.8 Å². The molecule has 0 saturated heterocycles. The maximum Gasteiger partial charge on any atom is 0.407 e. The summed E-state index contributed by atoms with van der Waals surface area (Å²) >= 11 is 0. The van der Waals surface area contributed by atoms with E-state index in [4.69, 9.17) is 18.6 Å². The normalized spacial score (nSPS) is 14.8. The molecule has 1 amide bonds. The summed E-state index contributed by atoms with van der Waals surface area (Å²) in [5.41, 5.74) is 1.53. The van der Waals surface area contributed by atoms with Gasteiger partial charge in [-0.3, -0.25) is 0 Å². The van der Waals surface area contributed by atoms with E-state index in [2.05, 4.69) is 15.3 Å². The second kappa shape index (κ2) is 9.06. The van der Waals surface area contributed by atoms with Gasteiger partial charge < -0.3 is 23.9 Å². The number of ether oxygens (including phenoxy) is 3. The lowest BCUT2D eigenvalue weighted by Crippen LogP contribution is -2.40. The van der Waals surface area contributed by atoms with Gasteiger partial charge >= 0.3 is 6.09 Å². The van der Waals surface area contributed by atoms with Crippen molar-refractivity contribution >= 4 is 17.2 Å². The van der Waals surface area contributed by atoms with Crippen LogP contribution in [0, 0.1) is 5.92 Å². The van der Waals surface area contributed by atoms with Crippen molar-refractivity contribution in [2.75, 3.05) is 13.2 Å². The number of rotatable bonds is 8. The summed E-state index contributed by atoms with van der Waals surface area (Å²) in [5, 5.41) is 2.73. The molecule has 0 radical (unpaired) electrons. The molecule has 2 heterocycles. The number of pyridine rings is 1. The van der Waals surface area contributed by atoms with E-state index in [0.29, 0.717) is 28.8 Å². The largest absolute Gasteiger partial charge is 0.493 e. The number of alkyl carbamates (subject to hydrolysis) is 1. The molecule has 8 nitrogen and oxygen atoms in total. The molecule has 1 aromatic carbocycles. The van der Waals surface area contributed by atoms with E-state index >= 15 is 0 Å². The van der Waals surface area contributed by atoms with E-state index < -0.39 is 11.7 Å². The zero-order valence-electron chi connectivity index (χ0n) is 18.9. The van der Waals surface area contributed by atoms with Gasteiger partial charge in [-0.25, -0.2) is 14.8 Å². The van der Waals surface area contributed by atoms with Crippen LogP contribution in [0.3, 0.4) is 0 Å². The molecule has 1 atom stereocenters. The standard InChI is InChI=1S/C24H29N3O5/c1-15(26-23(28)32-24(2,3)4)13-30-21-11-19-20(12-25-21)31-22(27-19)17-7-9-18(10-8-17)29-14-16-5-6-16/h7-12,15-16H,5-6,13-14H2,1-4H3,(H,26,28)/t15-/m0/s1. The molecule has 2 aromatic heterocycles. The number of carbonyl (C=O) groups is 1. The first-order valence-electron chi connectivity index (χ1n) is 10.9. The zero-order valence-corrected chi connectivity index (χ0v) is 18.9. The molecule has 170 valence electrons. The fourth-order valence-corrected chi connectivity index (χ4v) is 2.97. The Labute approximate surface area is 187 Å². The molecule has 1 aliphatic rings. The highest BCUT2D eigenvalue weighted by atomic mass is 16.6. The van der Waals surface area contributed by atoms with Crippen molar-refractivity contribution in [2.45, 2.75) is 52.2 Å². The van der Waals surface area contributed by atoms with Gasteiger partial charge in [-0.15, -0.1) is 0 Å². The Morgan fingerprint density at radius 1 is 1.22 bits per heavy atom. The Morgan fingerprint density at radius 2 is 1.97 bits per heavy atom. The molecule has 0 bridgehead atoms. The van der Waals surface area contributed by atoms with Gasteiger partial charge in [0.2, 0.25) is 11.8 Å². The van der Waals surface area contributed by atoms with Crippen molar-refractivity contribution in [3.63, 3.8) is 0 Å². The van der Waals surface area contributed by atoms with E-state index in [9.17, 15) is 4.79 Å². The van der Waals surface area contributed by atoms with Gasteiger partial charge in [0.25, 0.3) is 0 Å². The van der Waals surface area contributed by atoms with E-state index in [1.54, 1.807) is 12.3 Å². The van der Waals surface area contributed by atoms with Crippen LogP contribution in [0.1, 0.15) is 40.5 Å². The summed E-state index contributed by atoms with van der Waals surface area (Å²) in [6, 6.07) is 9.19. The molecule has 1 N–H and O–H groups in total. The van der Waals surface area contributed by atoms with Crippen molar-refractivity contribution in [1.29, 1.82) is 0 Å². The number of nitrogens with zero attached hydrogens (tertiary/aromatic N) is 2. The molecule has 4 rings (SSSR count). The average molecular weight is 440 g/mol. The number of oxazole rings is 1. The number of fused-ring (bicyclic) bond motifs is 1. The van der Waals surface area contributed by atoms with Crippen LogP contribution in [0.15, 0.2) is 40.9 Å². The van der Waals surface area contributed by atoms with Crippen LogP contribution in [0.5, 0.6) is 11.6 Å². The summed E-state index contributed by atoms with van der Waals surface area (Å²) in [4.78, 5) is 20.7. The number of carbonyl (C=O) groups excluding carboxylic acids is 1. The number of nitrogens with one attached hydrogen (secondary N) is 1. The lowest BCUT2D eigenvalue weighted by atomic mass is 10.2. The third-order valence-electron chi connectivity index (χ3n) is 4.78. The highest BCUT2D eigenvalue weighted by Gasteiger charge is 2.22. The fraction of sp³-hybridized carbons (Fsp3) is 0.458. The average Bonchev–Trinajstić information content (AvgIpc) is 3.46. The number of hydrogen-bond donors (Lipinski definition) is 1. The Morgan fingerprint density at radius 3 is 2.66 bits per heavy atom. The van der Waals surface area contributed by atoms with Gasteiger partial charge in [-0.1, -0.05) is 0 Å². The number of benzene rings is 1. The summed E-state index contributed by atoms with van der Waals surface area (Å²) < 4.78 is 22.6. The number of aromatic nitrogens is 2. The van der Waals surface area contributed by atoms with Crippen molar-refractivity contribution in [3.8, 4) is 23.1 Å².